The molecule has 0 atom stereocenters. The molecule has 1 amide bonds. The van der Waals surface area contributed by atoms with Crippen LogP contribution in [0.2, 0.25) is 0 Å². The molecule has 0 heterocycles. The summed E-state index contributed by atoms with van der Waals surface area (Å²) in [5.74, 6) is 0.0735. The minimum atomic E-state index is 0.0735. The summed E-state index contributed by atoms with van der Waals surface area (Å²) in [7, 11) is 0. The van der Waals surface area contributed by atoms with Crippen molar-refractivity contribution in [1.82, 2.24) is 4.90 Å². The summed E-state index contributed by atoms with van der Waals surface area (Å²) >= 11 is 4.75. The van der Waals surface area contributed by atoms with Gasteiger partial charge in [-0.15, -0.1) is 0 Å². The SMILES string of the molecule is CCCCN(CCCC)C(=O)CC(N)=S. The van der Waals surface area contributed by atoms with E-state index in [-0.39, 0.29) is 17.3 Å². The van der Waals surface area contributed by atoms with Gasteiger partial charge in [0.25, 0.3) is 0 Å². The molecule has 0 saturated carbocycles. The van der Waals surface area contributed by atoms with E-state index in [0.717, 1.165) is 38.8 Å². The Morgan fingerprint density at radius 1 is 1.20 bits per heavy atom. The summed E-state index contributed by atoms with van der Waals surface area (Å²) in [4.78, 5) is 13.9. The Hall–Kier alpha value is -0.640. The quantitative estimate of drug-likeness (QED) is 0.649. The van der Waals surface area contributed by atoms with Crippen molar-refractivity contribution in [2.75, 3.05) is 13.1 Å². The van der Waals surface area contributed by atoms with Crippen molar-refractivity contribution in [2.24, 2.45) is 5.73 Å². The molecule has 4 heteroatoms. The maximum atomic E-state index is 11.7. The van der Waals surface area contributed by atoms with Crippen molar-refractivity contribution >= 4 is 23.1 Å². The van der Waals surface area contributed by atoms with Gasteiger partial charge in [0.05, 0.1) is 11.4 Å². The van der Waals surface area contributed by atoms with E-state index < -0.39 is 0 Å². The van der Waals surface area contributed by atoms with Gasteiger partial charge in [-0.1, -0.05) is 38.9 Å². The lowest BCUT2D eigenvalue weighted by Crippen LogP contribution is -2.35. The van der Waals surface area contributed by atoms with E-state index >= 15 is 0 Å². The third-order valence-corrected chi connectivity index (χ3v) is 2.39. The molecule has 0 aliphatic carbocycles. The molecule has 3 nitrogen and oxygen atoms in total. The van der Waals surface area contributed by atoms with Gasteiger partial charge in [0.1, 0.15) is 0 Å². The van der Waals surface area contributed by atoms with Gasteiger partial charge in [0.2, 0.25) is 5.91 Å². The van der Waals surface area contributed by atoms with Crippen LogP contribution in [0.15, 0.2) is 0 Å². The lowest BCUT2D eigenvalue weighted by atomic mass is 10.2. The second-order valence-corrected chi connectivity index (χ2v) is 4.26. The first-order chi connectivity index (χ1) is 7.11. The number of amides is 1. The Morgan fingerprint density at radius 3 is 2.00 bits per heavy atom. The minimum absolute atomic E-state index is 0.0735. The lowest BCUT2D eigenvalue weighted by molar-refractivity contribution is -0.130. The molecule has 0 bridgehead atoms. The second kappa shape index (κ2) is 8.65. The largest absolute Gasteiger partial charge is 0.393 e. The van der Waals surface area contributed by atoms with Crippen molar-refractivity contribution in [1.29, 1.82) is 0 Å². The molecule has 0 rings (SSSR count). The number of hydrogen-bond donors (Lipinski definition) is 1. The summed E-state index contributed by atoms with van der Waals surface area (Å²) in [5.41, 5.74) is 5.37. The zero-order valence-electron chi connectivity index (χ0n) is 9.79. The predicted octanol–water partition coefficient (Wildman–Crippen LogP) is 2.09. The van der Waals surface area contributed by atoms with Crippen molar-refractivity contribution < 1.29 is 4.79 Å². The molecule has 15 heavy (non-hydrogen) atoms. The zero-order valence-corrected chi connectivity index (χ0v) is 10.6. The van der Waals surface area contributed by atoms with Crippen LogP contribution < -0.4 is 5.73 Å². The molecule has 0 aliphatic rings. The van der Waals surface area contributed by atoms with E-state index in [2.05, 4.69) is 13.8 Å². The van der Waals surface area contributed by atoms with E-state index in [1.54, 1.807) is 0 Å². The summed E-state index contributed by atoms with van der Waals surface area (Å²) in [6.07, 6.45) is 4.51. The van der Waals surface area contributed by atoms with Crippen LogP contribution in [-0.4, -0.2) is 28.9 Å². The molecule has 2 N–H and O–H groups in total. The van der Waals surface area contributed by atoms with Crippen molar-refractivity contribution in [3.05, 3.63) is 0 Å². The smallest absolute Gasteiger partial charge is 0.229 e. The Morgan fingerprint density at radius 2 is 1.67 bits per heavy atom. The summed E-state index contributed by atoms with van der Waals surface area (Å²) < 4.78 is 0. The fourth-order valence-corrected chi connectivity index (χ4v) is 1.44. The molecule has 0 radical (unpaired) electrons. The highest BCUT2D eigenvalue weighted by Crippen LogP contribution is 2.02. The Kier molecular flexibility index (Phi) is 8.28. The van der Waals surface area contributed by atoms with Crippen molar-refractivity contribution in [2.45, 2.75) is 46.0 Å². The zero-order chi connectivity index (χ0) is 11.7. The van der Waals surface area contributed by atoms with Gasteiger partial charge < -0.3 is 10.6 Å². The third kappa shape index (κ3) is 7.31. The first-order valence-corrected chi connectivity index (χ1v) is 6.08. The highest BCUT2D eigenvalue weighted by molar-refractivity contribution is 7.80. The number of hydrogen-bond acceptors (Lipinski definition) is 2. The maximum absolute atomic E-state index is 11.7. The second-order valence-electron chi connectivity index (χ2n) is 3.73. The molecule has 0 spiro atoms. The first-order valence-electron chi connectivity index (χ1n) is 5.67. The number of carbonyl (C=O) groups excluding carboxylic acids is 1. The Balaban J connectivity index is 4.07. The van der Waals surface area contributed by atoms with E-state index in [9.17, 15) is 4.79 Å². The molecule has 0 aliphatic heterocycles. The fraction of sp³-hybridized carbons (Fsp3) is 0.818. The van der Waals surface area contributed by atoms with Gasteiger partial charge in [-0.25, -0.2) is 0 Å². The molecule has 0 unspecified atom stereocenters. The van der Waals surface area contributed by atoms with Crippen molar-refractivity contribution in [3.8, 4) is 0 Å². The summed E-state index contributed by atoms with van der Waals surface area (Å²) in [6, 6.07) is 0. The Bertz CT molecular complexity index is 199. The van der Waals surface area contributed by atoms with Crippen LogP contribution in [0.5, 0.6) is 0 Å². The predicted molar refractivity (Wildman–Crippen MR) is 67.8 cm³/mol. The van der Waals surface area contributed by atoms with Crippen molar-refractivity contribution in [3.63, 3.8) is 0 Å². The van der Waals surface area contributed by atoms with Gasteiger partial charge >= 0.3 is 0 Å². The summed E-state index contributed by atoms with van der Waals surface area (Å²) in [5, 5.41) is 0. The van der Waals surface area contributed by atoms with Gasteiger partial charge in [-0.05, 0) is 12.8 Å². The number of nitrogens with zero attached hydrogens (tertiary/aromatic N) is 1. The average Bonchev–Trinajstić information content (AvgIpc) is 2.17. The van der Waals surface area contributed by atoms with Gasteiger partial charge in [-0.3, -0.25) is 4.79 Å². The minimum Gasteiger partial charge on any atom is -0.393 e. The van der Waals surface area contributed by atoms with Crippen LogP contribution in [0.3, 0.4) is 0 Å². The van der Waals surface area contributed by atoms with Crippen LogP contribution in [0.4, 0.5) is 0 Å². The molecule has 0 aromatic heterocycles. The molecular formula is C11H22N2OS. The maximum Gasteiger partial charge on any atom is 0.229 e. The molecular weight excluding hydrogens is 208 g/mol. The van der Waals surface area contributed by atoms with E-state index in [1.807, 2.05) is 4.90 Å². The van der Waals surface area contributed by atoms with E-state index in [0.29, 0.717) is 0 Å². The van der Waals surface area contributed by atoms with Gasteiger partial charge in [0.15, 0.2) is 0 Å². The Labute approximate surface area is 98.0 Å². The summed E-state index contributed by atoms with van der Waals surface area (Å²) in [6.45, 7) is 5.90. The number of rotatable bonds is 8. The number of nitrogens with two attached hydrogens (primary N) is 1. The number of carbonyl (C=O) groups is 1. The van der Waals surface area contributed by atoms with Crippen LogP contribution in [0.1, 0.15) is 46.0 Å². The third-order valence-electron chi connectivity index (χ3n) is 2.24. The van der Waals surface area contributed by atoms with Crippen LogP contribution in [-0.2, 0) is 4.79 Å². The first kappa shape index (κ1) is 14.4. The molecule has 0 aromatic rings. The van der Waals surface area contributed by atoms with E-state index in [1.165, 1.54) is 0 Å². The number of unbranched alkanes of at least 4 members (excludes halogenated alkanes) is 2. The van der Waals surface area contributed by atoms with E-state index in [4.69, 9.17) is 18.0 Å². The fourth-order valence-electron chi connectivity index (χ4n) is 1.32. The van der Waals surface area contributed by atoms with Gasteiger partial charge in [0, 0.05) is 13.1 Å². The normalized spacial score (nSPS) is 10.0. The molecule has 88 valence electrons. The monoisotopic (exact) mass is 230 g/mol. The molecule has 0 fully saturated rings. The highest BCUT2D eigenvalue weighted by Gasteiger charge is 2.12. The lowest BCUT2D eigenvalue weighted by Gasteiger charge is -2.22. The van der Waals surface area contributed by atoms with Crippen LogP contribution in [0, 0.1) is 0 Å². The highest BCUT2D eigenvalue weighted by atomic mass is 32.1. The molecule has 0 aromatic carbocycles. The van der Waals surface area contributed by atoms with Crippen LogP contribution in [0.25, 0.3) is 0 Å². The number of thiocarbonyl (C=S) groups is 1. The molecule has 0 saturated heterocycles. The average molecular weight is 230 g/mol. The topological polar surface area (TPSA) is 46.3 Å². The standard InChI is InChI=1S/C11H22N2OS/c1-3-5-7-13(8-6-4-2)11(14)9-10(12)15/h3-9H2,1-2H3,(H2,12,15). The van der Waals surface area contributed by atoms with Gasteiger partial charge in [-0.2, -0.15) is 0 Å². The van der Waals surface area contributed by atoms with Crippen LogP contribution >= 0.6 is 12.2 Å².